The quantitative estimate of drug-likeness (QED) is 0.246. The van der Waals surface area contributed by atoms with Crippen LogP contribution in [0.3, 0.4) is 0 Å². The van der Waals surface area contributed by atoms with Crippen LogP contribution in [0.1, 0.15) is 11.1 Å². The van der Waals surface area contributed by atoms with Crippen LogP contribution in [0.2, 0.25) is 0 Å². The highest BCUT2D eigenvalue weighted by molar-refractivity contribution is 7.98. The molecule has 0 aliphatic heterocycles. The molecule has 2 aromatic heterocycles. The number of nitrogens with zero attached hydrogens (tertiary/aromatic N) is 2. The zero-order valence-corrected chi connectivity index (χ0v) is 17.4. The van der Waals surface area contributed by atoms with Gasteiger partial charge < -0.3 is 4.42 Å². The zero-order valence-electron chi connectivity index (χ0n) is 16.6. The molecule has 0 saturated heterocycles. The predicted molar refractivity (Wildman–Crippen MR) is 123 cm³/mol. The normalized spacial score (nSPS) is 11.4. The number of aromatic amines is 1. The second-order valence-electron chi connectivity index (χ2n) is 7.24. The second kappa shape index (κ2) is 8.28. The molecule has 7 heteroatoms. The van der Waals surface area contributed by atoms with Crippen molar-refractivity contribution in [1.29, 1.82) is 0 Å². The number of aryl methyl sites for hydroxylation is 1. The summed E-state index contributed by atoms with van der Waals surface area (Å²) in [4.78, 5) is 24.4. The maximum absolute atomic E-state index is 12.3. The highest BCUT2D eigenvalue weighted by Gasteiger charge is 2.13. The van der Waals surface area contributed by atoms with Gasteiger partial charge in [0.05, 0.1) is 0 Å². The Labute approximate surface area is 181 Å². The highest BCUT2D eigenvalue weighted by Crippen LogP contribution is 2.30. The van der Waals surface area contributed by atoms with Crippen molar-refractivity contribution in [1.82, 2.24) is 14.8 Å². The lowest BCUT2D eigenvalue weighted by molar-refractivity contribution is 0.560. The average Bonchev–Trinajstić information content (AvgIpc) is 3.15. The van der Waals surface area contributed by atoms with Crippen molar-refractivity contribution in [3.8, 4) is 0 Å². The third kappa shape index (κ3) is 3.92. The Morgan fingerprint density at radius 2 is 1.77 bits per heavy atom. The summed E-state index contributed by atoms with van der Waals surface area (Å²) in [5.74, 6) is 0.492. The van der Waals surface area contributed by atoms with Crippen LogP contribution in [0.15, 0.2) is 92.0 Å². The molecule has 0 aliphatic rings. The van der Waals surface area contributed by atoms with Gasteiger partial charge in [-0.15, -0.1) is 5.10 Å². The molecule has 0 aliphatic carbocycles. The fraction of sp³-hybridized carbons (Fsp3) is 0.125. The van der Waals surface area contributed by atoms with E-state index in [0.29, 0.717) is 23.0 Å². The molecule has 5 rings (SSSR count). The van der Waals surface area contributed by atoms with Gasteiger partial charge in [0.25, 0.3) is 0 Å². The first-order valence-electron chi connectivity index (χ1n) is 9.95. The lowest BCUT2D eigenvalue weighted by atomic mass is 10.0. The van der Waals surface area contributed by atoms with Gasteiger partial charge in [-0.2, -0.15) is 0 Å². The van der Waals surface area contributed by atoms with E-state index >= 15 is 0 Å². The Hall–Kier alpha value is -3.58. The molecule has 31 heavy (non-hydrogen) atoms. The molecule has 3 aromatic carbocycles. The van der Waals surface area contributed by atoms with E-state index in [0.717, 1.165) is 33.7 Å². The highest BCUT2D eigenvalue weighted by atomic mass is 32.2. The minimum Gasteiger partial charge on any atom is -0.423 e. The van der Waals surface area contributed by atoms with Crippen LogP contribution >= 0.6 is 11.8 Å². The SMILES string of the molecule is O=c1cc(CSc2n[nH]c(=O)n2CCc2ccccc2)c2c(ccc3ccccc32)o1. The summed E-state index contributed by atoms with van der Waals surface area (Å²) in [5, 5.41) is 10.4. The number of aromatic nitrogens is 3. The Morgan fingerprint density at radius 3 is 2.65 bits per heavy atom. The maximum Gasteiger partial charge on any atom is 0.343 e. The van der Waals surface area contributed by atoms with Crippen LogP contribution in [0, 0.1) is 0 Å². The van der Waals surface area contributed by atoms with Gasteiger partial charge in [-0.3, -0.25) is 4.57 Å². The Bertz CT molecular complexity index is 1490. The van der Waals surface area contributed by atoms with E-state index < -0.39 is 0 Å². The molecule has 0 amide bonds. The molecule has 0 unspecified atom stereocenters. The van der Waals surface area contributed by atoms with Crippen LogP contribution in [0.5, 0.6) is 0 Å². The Kier molecular flexibility index (Phi) is 5.18. The first-order chi connectivity index (χ1) is 15.2. The van der Waals surface area contributed by atoms with Gasteiger partial charge in [0.15, 0.2) is 5.16 Å². The van der Waals surface area contributed by atoms with Crippen LogP contribution in [-0.4, -0.2) is 14.8 Å². The summed E-state index contributed by atoms with van der Waals surface area (Å²) in [7, 11) is 0. The van der Waals surface area contributed by atoms with Crippen molar-refractivity contribution in [3.05, 3.63) is 105 Å². The van der Waals surface area contributed by atoms with Crippen LogP contribution < -0.4 is 11.3 Å². The number of nitrogens with one attached hydrogen (secondary N) is 1. The smallest absolute Gasteiger partial charge is 0.343 e. The summed E-state index contributed by atoms with van der Waals surface area (Å²) < 4.78 is 7.08. The van der Waals surface area contributed by atoms with Crippen molar-refractivity contribution >= 4 is 33.5 Å². The third-order valence-corrected chi connectivity index (χ3v) is 6.29. The van der Waals surface area contributed by atoms with Gasteiger partial charge in [-0.25, -0.2) is 14.7 Å². The minimum absolute atomic E-state index is 0.235. The van der Waals surface area contributed by atoms with E-state index in [2.05, 4.69) is 10.2 Å². The number of hydrogen-bond donors (Lipinski definition) is 1. The van der Waals surface area contributed by atoms with E-state index in [4.69, 9.17) is 4.42 Å². The molecular weight excluding hydrogens is 410 g/mol. The lowest BCUT2D eigenvalue weighted by Gasteiger charge is -2.09. The van der Waals surface area contributed by atoms with Gasteiger partial charge >= 0.3 is 11.3 Å². The van der Waals surface area contributed by atoms with Gasteiger partial charge in [0.1, 0.15) is 5.58 Å². The molecule has 0 saturated carbocycles. The molecule has 0 spiro atoms. The van der Waals surface area contributed by atoms with Crippen molar-refractivity contribution in [3.63, 3.8) is 0 Å². The maximum atomic E-state index is 12.3. The van der Waals surface area contributed by atoms with E-state index in [1.54, 1.807) is 4.57 Å². The Morgan fingerprint density at radius 1 is 0.968 bits per heavy atom. The number of fused-ring (bicyclic) bond motifs is 3. The number of H-pyrrole nitrogens is 1. The molecule has 0 fully saturated rings. The van der Waals surface area contributed by atoms with Gasteiger partial charge in [0.2, 0.25) is 0 Å². The summed E-state index contributed by atoms with van der Waals surface area (Å²) >= 11 is 1.43. The number of thioether (sulfide) groups is 1. The van der Waals surface area contributed by atoms with Crippen LogP contribution in [0.4, 0.5) is 0 Å². The van der Waals surface area contributed by atoms with Gasteiger partial charge in [0, 0.05) is 23.8 Å². The summed E-state index contributed by atoms with van der Waals surface area (Å²) in [6, 6.07) is 23.3. The van der Waals surface area contributed by atoms with Crippen molar-refractivity contribution in [2.24, 2.45) is 0 Å². The molecule has 0 atom stereocenters. The molecule has 154 valence electrons. The Balaban J connectivity index is 1.46. The molecule has 1 N–H and O–H groups in total. The number of rotatable bonds is 6. The molecule has 5 aromatic rings. The van der Waals surface area contributed by atoms with Gasteiger partial charge in [-0.05, 0) is 34.4 Å². The summed E-state index contributed by atoms with van der Waals surface area (Å²) in [6.07, 6.45) is 0.732. The first kappa shape index (κ1) is 19.4. The van der Waals surface area contributed by atoms with Crippen molar-refractivity contribution < 1.29 is 4.42 Å². The number of hydrogen-bond acceptors (Lipinski definition) is 5. The lowest BCUT2D eigenvalue weighted by Crippen LogP contribution is -2.18. The average molecular weight is 430 g/mol. The van der Waals surface area contributed by atoms with E-state index in [1.807, 2.05) is 66.7 Å². The van der Waals surface area contributed by atoms with Crippen molar-refractivity contribution in [2.45, 2.75) is 23.9 Å². The third-order valence-electron chi connectivity index (χ3n) is 5.26. The predicted octanol–water partition coefficient (Wildman–Crippen LogP) is 4.37. The van der Waals surface area contributed by atoms with E-state index in [-0.39, 0.29) is 11.3 Å². The monoisotopic (exact) mass is 429 g/mol. The summed E-state index contributed by atoms with van der Waals surface area (Å²) in [6.45, 7) is 0.530. The topological polar surface area (TPSA) is 80.9 Å². The molecule has 2 heterocycles. The first-order valence-corrected chi connectivity index (χ1v) is 10.9. The van der Waals surface area contributed by atoms with Crippen molar-refractivity contribution in [2.75, 3.05) is 0 Å². The largest absolute Gasteiger partial charge is 0.423 e. The fourth-order valence-corrected chi connectivity index (χ4v) is 4.72. The van der Waals surface area contributed by atoms with Crippen LogP contribution in [-0.2, 0) is 18.7 Å². The molecule has 0 bridgehead atoms. The fourth-order valence-electron chi connectivity index (χ4n) is 3.77. The minimum atomic E-state index is -0.387. The second-order valence-corrected chi connectivity index (χ2v) is 8.18. The zero-order chi connectivity index (χ0) is 21.2. The van der Waals surface area contributed by atoms with E-state index in [1.165, 1.54) is 17.8 Å². The molecule has 6 nitrogen and oxygen atoms in total. The summed E-state index contributed by atoms with van der Waals surface area (Å²) in [5.41, 5.74) is 1.95. The van der Waals surface area contributed by atoms with Crippen LogP contribution in [0.25, 0.3) is 21.7 Å². The number of benzene rings is 3. The van der Waals surface area contributed by atoms with Gasteiger partial charge in [-0.1, -0.05) is 72.4 Å². The standard InChI is InChI=1S/C24H19N3O3S/c28-21-14-18(22-19-9-5-4-8-17(19)10-11-20(22)30-21)15-31-24-26-25-23(29)27(24)13-12-16-6-2-1-3-7-16/h1-11,14H,12-13,15H2,(H,25,29). The van der Waals surface area contributed by atoms with E-state index in [9.17, 15) is 9.59 Å². The molecule has 0 radical (unpaired) electrons. The molecular formula is C24H19N3O3S.